The molecule has 2 aromatic heterocycles. The SMILES string of the molecule is CC(C)Cn1cc(C#N)c(-c2cccnc2)n1. The van der Waals surface area contributed by atoms with Crippen LogP contribution in [0.25, 0.3) is 11.3 Å². The summed E-state index contributed by atoms with van der Waals surface area (Å²) in [7, 11) is 0. The molecule has 0 aromatic carbocycles. The van der Waals surface area contributed by atoms with E-state index >= 15 is 0 Å². The molecule has 4 heteroatoms. The van der Waals surface area contributed by atoms with E-state index in [-0.39, 0.29) is 0 Å². The van der Waals surface area contributed by atoms with E-state index in [1.54, 1.807) is 18.6 Å². The maximum absolute atomic E-state index is 9.10. The highest BCUT2D eigenvalue weighted by Crippen LogP contribution is 2.20. The highest BCUT2D eigenvalue weighted by Gasteiger charge is 2.11. The van der Waals surface area contributed by atoms with Crippen molar-refractivity contribution in [1.29, 1.82) is 5.26 Å². The molecule has 0 spiro atoms. The van der Waals surface area contributed by atoms with E-state index in [1.165, 1.54) is 0 Å². The minimum Gasteiger partial charge on any atom is -0.270 e. The normalized spacial score (nSPS) is 10.5. The monoisotopic (exact) mass is 226 g/mol. The van der Waals surface area contributed by atoms with Gasteiger partial charge in [-0.25, -0.2) is 0 Å². The summed E-state index contributed by atoms with van der Waals surface area (Å²) in [5.74, 6) is 0.503. The van der Waals surface area contributed by atoms with Gasteiger partial charge in [0.25, 0.3) is 0 Å². The van der Waals surface area contributed by atoms with Crippen LogP contribution in [0.1, 0.15) is 19.4 Å². The zero-order valence-corrected chi connectivity index (χ0v) is 9.96. The molecule has 0 saturated carbocycles. The molecule has 0 saturated heterocycles. The summed E-state index contributed by atoms with van der Waals surface area (Å²) in [6, 6.07) is 5.93. The molecule has 0 atom stereocenters. The van der Waals surface area contributed by atoms with Crippen LogP contribution in [0.3, 0.4) is 0 Å². The molecule has 0 unspecified atom stereocenters. The molecule has 86 valence electrons. The Morgan fingerprint density at radius 1 is 1.47 bits per heavy atom. The Kier molecular flexibility index (Phi) is 3.20. The van der Waals surface area contributed by atoms with Gasteiger partial charge >= 0.3 is 0 Å². The van der Waals surface area contributed by atoms with Crippen molar-refractivity contribution in [2.75, 3.05) is 0 Å². The molecule has 0 fully saturated rings. The lowest BCUT2D eigenvalue weighted by atomic mass is 10.1. The van der Waals surface area contributed by atoms with Gasteiger partial charge in [-0.15, -0.1) is 0 Å². The van der Waals surface area contributed by atoms with Crippen LogP contribution in [0.2, 0.25) is 0 Å². The van der Waals surface area contributed by atoms with E-state index in [9.17, 15) is 0 Å². The first-order valence-electron chi connectivity index (χ1n) is 5.58. The third-order valence-corrected chi connectivity index (χ3v) is 2.37. The molecular formula is C13H14N4. The summed E-state index contributed by atoms with van der Waals surface area (Å²) in [5, 5.41) is 13.5. The summed E-state index contributed by atoms with van der Waals surface area (Å²) in [6.07, 6.45) is 5.23. The highest BCUT2D eigenvalue weighted by molar-refractivity contribution is 5.64. The molecule has 2 aromatic rings. The number of hydrogen-bond donors (Lipinski definition) is 0. The summed E-state index contributed by atoms with van der Waals surface area (Å²) < 4.78 is 1.82. The Labute approximate surface area is 101 Å². The molecular weight excluding hydrogens is 212 g/mol. The van der Waals surface area contributed by atoms with Crippen LogP contribution in [-0.4, -0.2) is 14.8 Å². The smallest absolute Gasteiger partial charge is 0.112 e. The van der Waals surface area contributed by atoms with Crippen LogP contribution in [0.4, 0.5) is 0 Å². The molecule has 0 aliphatic heterocycles. The quantitative estimate of drug-likeness (QED) is 0.807. The minimum absolute atomic E-state index is 0.503. The highest BCUT2D eigenvalue weighted by atomic mass is 15.3. The lowest BCUT2D eigenvalue weighted by Crippen LogP contribution is -2.04. The van der Waals surface area contributed by atoms with Crippen molar-refractivity contribution < 1.29 is 0 Å². The van der Waals surface area contributed by atoms with E-state index in [0.717, 1.165) is 12.1 Å². The zero-order chi connectivity index (χ0) is 12.3. The summed E-state index contributed by atoms with van der Waals surface area (Å²) in [5.41, 5.74) is 2.19. The second-order valence-corrected chi connectivity index (χ2v) is 4.36. The van der Waals surface area contributed by atoms with E-state index in [0.29, 0.717) is 17.2 Å². The van der Waals surface area contributed by atoms with Crippen molar-refractivity contribution in [3.8, 4) is 17.3 Å². The molecule has 2 rings (SSSR count). The average molecular weight is 226 g/mol. The van der Waals surface area contributed by atoms with Crippen LogP contribution in [0, 0.1) is 17.2 Å². The predicted molar refractivity (Wildman–Crippen MR) is 65.0 cm³/mol. The molecule has 0 aliphatic carbocycles. The Balaban J connectivity index is 2.41. The summed E-state index contributed by atoms with van der Waals surface area (Å²) >= 11 is 0. The topological polar surface area (TPSA) is 54.5 Å². The number of rotatable bonds is 3. The Bertz CT molecular complexity index is 534. The fourth-order valence-electron chi connectivity index (χ4n) is 1.69. The molecule has 17 heavy (non-hydrogen) atoms. The van der Waals surface area contributed by atoms with Gasteiger partial charge < -0.3 is 0 Å². The zero-order valence-electron chi connectivity index (χ0n) is 9.96. The van der Waals surface area contributed by atoms with Crippen LogP contribution in [0.5, 0.6) is 0 Å². The third kappa shape index (κ3) is 2.51. The maximum atomic E-state index is 9.10. The first-order valence-corrected chi connectivity index (χ1v) is 5.58. The molecule has 0 N–H and O–H groups in total. The lowest BCUT2D eigenvalue weighted by molar-refractivity contribution is 0.484. The molecule has 2 heterocycles. The van der Waals surface area contributed by atoms with Crippen LogP contribution >= 0.6 is 0 Å². The standard InChI is InChI=1S/C13H14N4/c1-10(2)8-17-9-12(6-14)13(16-17)11-4-3-5-15-7-11/h3-5,7,9-10H,8H2,1-2H3. The van der Waals surface area contributed by atoms with Crippen molar-refractivity contribution in [3.05, 3.63) is 36.3 Å². The summed E-state index contributed by atoms with van der Waals surface area (Å²) in [6.45, 7) is 5.06. The second kappa shape index (κ2) is 4.79. The number of hydrogen-bond acceptors (Lipinski definition) is 3. The van der Waals surface area contributed by atoms with Crippen molar-refractivity contribution in [3.63, 3.8) is 0 Å². The lowest BCUT2D eigenvalue weighted by Gasteiger charge is -2.03. The number of nitrogens with zero attached hydrogens (tertiary/aromatic N) is 4. The van der Waals surface area contributed by atoms with Crippen LogP contribution < -0.4 is 0 Å². The van der Waals surface area contributed by atoms with Gasteiger partial charge in [0.1, 0.15) is 11.8 Å². The number of aromatic nitrogens is 3. The first-order chi connectivity index (χ1) is 8.20. The Hall–Kier alpha value is -2.15. The van der Waals surface area contributed by atoms with Gasteiger partial charge in [0.05, 0.1) is 5.56 Å². The Morgan fingerprint density at radius 2 is 2.29 bits per heavy atom. The fraction of sp³-hybridized carbons (Fsp3) is 0.308. The molecule has 0 amide bonds. The van der Waals surface area contributed by atoms with Crippen molar-refractivity contribution in [2.45, 2.75) is 20.4 Å². The average Bonchev–Trinajstić information content (AvgIpc) is 2.72. The minimum atomic E-state index is 0.503. The van der Waals surface area contributed by atoms with E-state index in [1.807, 2.05) is 16.8 Å². The Morgan fingerprint density at radius 3 is 2.88 bits per heavy atom. The van der Waals surface area contributed by atoms with Gasteiger partial charge in [-0.05, 0) is 18.1 Å². The largest absolute Gasteiger partial charge is 0.270 e. The van der Waals surface area contributed by atoms with Gasteiger partial charge in [0.2, 0.25) is 0 Å². The predicted octanol–water partition coefficient (Wildman–Crippen LogP) is 2.47. The van der Waals surface area contributed by atoms with Crippen LogP contribution in [-0.2, 0) is 6.54 Å². The van der Waals surface area contributed by atoms with Crippen molar-refractivity contribution in [1.82, 2.24) is 14.8 Å². The van der Waals surface area contributed by atoms with Crippen molar-refractivity contribution >= 4 is 0 Å². The fourth-order valence-corrected chi connectivity index (χ4v) is 1.69. The molecule has 4 nitrogen and oxygen atoms in total. The van der Waals surface area contributed by atoms with Gasteiger partial charge in [0, 0.05) is 30.7 Å². The van der Waals surface area contributed by atoms with Crippen LogP contribution in [0.15, 0.2) is 30.7 Å². The van der Waals surface area contributed by atoms with E-state index in [2.05, 4.69) is 30.0 Å². The van der Waals surface area contributed by atoms with Gasteiger partial charge in [0.15, 0.2) is 0 Å². The van der Waals surface area contributed by atoms with Gasteiger partial charge in [-0.3, -0.25) is 9.67 Å². The van der Waals surface area contributed by atoms with E-state index < -0.39 is 0 Å². The molecule has 0 bridgehead atoms. The molecule has 0 aliphatic rings. The number of nitriles is 1. The third-order valence-electron chi connectivity index (χ3n) is 2.37. The molecule has 0 radical (unpaired) electrons. The van der Waals surface area contributed by atoms with Gasteiger partial charge in [-0.1, -0.05) is 13.8 Å². The first kappa shape index (κ1) is 11.3. The van der Waals surface area contributed by atoms with E-state index in [4.69, 9.17) is 5.26 Å². The second-order valence-electron chi connectivity index (χ2n) is 4.36. The van der Waals surface area contributed by atoms with Gasteiger partial charge in [-0.2, -0.15) is 10.4 Å². The van der Waals surface area contributed by atoms with Crippen molar-refractivity contribution in [2.24, 2.45) is 5.92 Å². The maximum Gasteiger partial charge on any atom is 0.112 e. The number of pyridine rings is 1. The summed E-state index contributed by atoms with van der Waals surface area (Å²) in [4.78, 5) is 4.05.